The van der Waals surface area contributed by atoms with Crippen molar-refractivity contribution in [3.05, 3.63) is 27.7 Å². The van der Waals surface area contributed by atoms with Gasteiger partial charge in [-0.15, -0.1) is 0 Å². The van der Waals surface area contributed by atoms with E-state index in [1.54, 1.807) is 0 Å². The predicted octanol–water partition coefficient (Wildman–Crippen LogP) is 3.68. The van der Waals surface area contributed by atoms with Crippen LogP contribution in [0.4, 0.5) is 5.69 Å². The maximum atomic E-state index is 6.28. The molecule has 0 aromatic heterocycles. The monoisotopic (exact) mass is 328 g/mol. The highest BCUT2D eigenvalue weighted by molar-refractivity contribution is 9.10. The second kappa shape index (κ2) is 5.40. The van der Waals surface area contributed by atoms with Crippen molar-refractivity contribution in [3.8, 4) is 0 Å². The van der Waals surface area contributed by atoms with Gasteiger partial charge in [0.25, 0.3) is 0 Å². The molecule has 0 amide bonds. The lowest BCUT2D eigenvalue weighted by Gasteiger charge is -2.20. The third kappa shape index (κ3) is 3.01. The van der Waals surface area contributed by atoms with Crippen molar-refractivity contribution in [2.75, 3.05) is 24.5 Å². The van der Waals surface area contributed by atoms with Gasteiger partial charge in [-0.05, 0) is 49.9 Å². The molecule has 0 bridgehead atoms. The van der Waals surface area contributed by atoms with E-state index in [9.17, 15) is 0 Å². The lowest BCUT2D eigenvalue weighted by molar-refractivity contribution is 0.515. The Morgan fingerprint density at radius 3 is 2.94 bits per heavy atom. The average molecular weight is 330 g/mol. The SMILES string of the molecule is Clc1ccc(Br)cc1N1CCC(CNC2CC2)C1. The van der Waals surface area contributed by atoms with Gasteiger partial charge in [0.2, 0.25) is 0 Å². The topological polar surface area (TPSA) is 15.3 Å². The van der Waals surface area contributed by atoms with Crippen molar-refractivity contribution >= 4 is 33.2 Å². The summed E-state index contributed by atoms with van der Waals surface area (Å²) in [4.78, 5) is 2.41. The second-order valence-electron chi connectivity index (χ2n) is 5.38. The Kier molecular flexibility index (Phi) is 3.83. The van der Waals surface area contributed by atoms with E-state index in [4.69, 9.17) is 11.6 Å². The highest BCUT2D eigenvalue weighted by Gasteiger charge is 2.27. The lowest BCUT2D eigenvalue weighted by atomic mass is 10.1. The molecule has 1 aromatic rings. The molecule has 2 aliphatic rings. The van der Waals surface area contributed by atoms with Gasteiger partial charge >= 0.3 is 0 Å². The molecule has 1 atom stereocenters. The highest BCUT2D eigenvalue weighted by Crippen LogP contribution is 2.33. The van der Waals surface area contributed by atoms with Gasteiger partial charge in [-0.25, -0.2) is 0 Å². The fraction of sp³-hybridized carbons (Fsp3) is 0.571. The van der Waals surface area contributed by atoms with E-state index in [1.807, 2.05) is 12.1 Å². The third-order valence-corrected chi connectivity index (χ3v) is 4.62. The molecule has 18 heavy (non-hydrogen) atoms. The minimum Gasteiger partial charge on any atom is -0.370 e. The molecule has 98 valence electrons. The van der Waals surface area contributed by atoms with Crippen molar-refractivity contribution < 1.29 is 0 Å². The molecular weight excluding hydrogens is 312 g/mol. The number of hydrogen-bond donors (Lipinski definition) is 1. The van der Waals surface area contributed by atoms with Crippen LogP contribution in [-0.2, 0) is 0 Å². The lowest BCUT2D eigenvalue weighted by Crippen LogP contribution is -2.27. The molecule has 1 N–H and O–H groups in total. The van der Waals surface area contributed by atoms with Gasteiger partial charge in [0, 0.05) is 23.6 Å². The molecule has 1 unspecified atom stereocenters. The Hall–Kier alpha value is -0.250. The molecule has 4 heteroatoms. The largest absolute Gasteiger partial charge is 0.370 e. The second-order valence-corrected chi connectivity index (χ2v) is 6.70. The van der Waals surface area contributed by atoms with Gasteiger partial charge in [0.15, 0.2) is 0 Å². The van der Waals surface area contributed by atoms with E-state index in [-0.39, 0.29) is 0 Å². The molecule has 2 fully saturated rings. The smallest absolute Gasteiger partial charge is 0.0640 e. The Balaban J connectivity index is 1.61. The summed E-state index contributed by atoms with van der Waals surface area (Å²) in [6.45, 7) is 3.40. The molecular formula is C14H18BrClN2. The van der Waals surface area contributed by atoms with Crippen LogP contribution in [0, 0.1) is 5.92 Å². The van der Waals surface area contributed by atoms with Crippen LogP contribution in [0.3, 0.4) is 0 Å². The Bertz CT molecular complexity index is 434. The minimum absolute atomic E-state index is 0.764. The molecule has 2 nitrogen and oxygen atoms in total. The highest BCUT2D eigenvalue weighted by atomic mass is 79.9. The van der Waals surface area contributed by atoms with Gasteiger partial charge in [0.1, 0.15) is 0 Å². The fourth-order valence-corrected chi connectivity index (χ4v) is 3.15. The zero-order valence-electron chi connectivity index (χ0n) is 10.3. The van der Waals surface area contributed by atoms with E-state index in [1.165, 1.54) is 24.9 Å². The minimum atomic E-state index is 0.764. The van der Waals surface area contributed by atoms with Crippen LogP contribution >= 0.6 is 27.5 Å². The van der Waals surface area contributed by atoms with Crippen LogP contribution in [0.1, 0.15) is 19.3 Å². The van der Waals surface area contributed by atoms with Crippen molar-refractivity contribution in [2.45, 2.75) is 25.3 Å². The standard InChI is InChI=1S/C14H18BrClN2/c15-11-1-4-13(16)14(7-11)18-6-5-10(9-18)8-17-12-2-3-12/h1,4,7,10,12,17H,2-3,5-6,8-9H2. The number of nitrogens with one attached hydrogen (secondary N) is 1. The summed E-state index contributed by atoms with van der Waals surface area (Å²) in [6, 6.07) is 6.90. The van der Waals surface area contributed by atoms with E-state index in [0.717, 1.165) is 41.1 Å². The van der Waals surface area contributed by atoms with E-state index >= 15 is 0 Å². The van der Waals surface area contributed by atoms with Gasteiger partial charge < -0.3 is 10.2 Å². The summed E-state index contributed by atoms with van der Waals surface area (Å²) in [6.07, 6.45) is 4.00. The van der Waals surface area contributed by atoms with Gasteiger partial charge in [0.05, 0.1) is 10.7 Å². The number of benzene rings is 1. The molecule has 1 heterocycles. The Labute approximate surface area is 122 Å². The van der Waals surface area contributed by atoms with Crippen LogP contribution in [-0.4, -0.2) is 25.7 Å². The quantitative estimate of drug-likeness (QED) is 0.906. The summed E-state index contributed by atoms with van der Waals surface area (Å²) >= 11 is 9.80. The average Bonchev–Trinajstić information content (AvgIpc) is 3.08. The van der Waals surface area contributed by atoms with E-state index in [0.29, 0.717) is 0 Å². The third-order valence-electron chi connectivity index (χ3n) is 3.81. The molecule has 0 spiro atoms. The predicted molar refractivity (Wildman–Crippen MR) is 80.5 cm³/mol. The van der Waals surface area contributed by atoms with Gasteiger partial charge in [-0.2, -0.15) is 0 Å². The van der Waals surface area contributed by atoms with Crippen LogP contribution in [0.25, 0.3) is 0 Å². The summed E-state index contributed by atoms with van der Waals surface area (Å²) in [5, 5.41) is 4.48. The zero-order chi connectivity index (χ0) is 12.5. The van der Waals surface area contributed by atoms with Crippen molar-refractivity contribution in [1.82, 2.24) is 5.32 Å². The molecule has 1 aliphatic carbocycles. The molecule has 1 aromatic carbocycles. The van der Waals surface area contributed by atoms with Crippen LogP contribution in [0.2, 0.25) is 5.02 Å². The van der Waals surface area contributed by atoms with Gasteiger partial charge in [-0.1, -0.05) is 27.5 Å². The number of nitrogens with zero attached hydrogens (tertiary/aromatic N) is 1. The van der Waals surface area contributed by atoms with Crippen molar-refractivity contribution in [3.63, 3.8) is 0 Å². The van der Waals surface area contributed by atoms with Crippen LogP contribution < -0.4 is 10.2 Å². The first-order chi connectivity index (χ1) is 8.72. The van der Waals surface area contributed by atoms with Crippen molar-refractivity contribution in [2.24, 2.45) is 5.92 Å². The van der Waals surface area contributed by atoms with Crippen LogP contribution in [0.5, 0.6) is 0 Å². The maximum Gasteiger partial charge on any atom is 0.0640 e. The first-order valence-corrected chi connectivity index (χ1v) is 7.83. The number of anilines is 1. The molecule has 1 aliphatic heterocycles. The summed E-state index contributed by atoms with van der Waals surface area (Å²) < 4.78 is 1.10. The first-order valence-electron chi connectivity index (χ1n) is 6.66. The maximum absolute atomic E-state index is 6.28. The molecule has 0 radical (unpaired) electrons. The normalized spacial score (nSPS) is 23.7. The fourth-order valence-electron chi connectivity index (χ4n) is 2.57. The van der Waals surface area contributed by atoms with Crippen molar-refractivity contribution in [1.29, 1.82) is 0 Å². The van der Waals surface area contributed by atoms with E-state index < -0.39 is 0 Å². The summed E-state index contributed by atoms with van der Waals surface area (Å²) in [5.41, 5.74) is 1.17. The summed E-state index contributed by atoms with van der Waals surface area (Å²) in [5.74, 6) is 0.764. The Morgan fingerprint density at radius 1 is 1.33 bits per heavy atom. The van der Waals surface area contributed by atoms with Gasteiger partial charge in [-0.3, -0.25) is 0 Å². The number of halogens is 2. The number of hydrogen-bond acceptors (Lipinski definition) is 2. The molecule has 1 saturated carbocycles. The van der Waals surface area contributed by atoms with Crippen LogP contribution in [0.15, 0.2) is 22.7 Å². The molecule has 3 rings (SSSR count). The van der Waals surface area contributed by atoms with E-state index in [2.05, 4.69) is 32.2 Å². The summed E-state index contributed by atoms with van der Waals surface area (Å²) in [7, 11) is 0. The first kappa shape index (κ1) is 12.8. The Morgan fingerprint density at radius 2 is 2.17 bits per heavy atom. The zero-order valence-corrected chi connectivity index (χ0v) is 12.7. The number of rotatable bonds is 4. The molecule has 1 saturated heterocycles.